The predicted molar refractivity (Wildman–Crippen MR) is 138 cm³/mol. The first kappa shape index (κ1) is 21.4. The number of nitrogens with one attached hydrogen (secondary N) is 3. The summed E-state index contributed by atoms with van der Waals surface area (Å²) in [5.41, 5.74) is 6.67. The van der Waals surface area contributed by atoms with Crippen molar-refractivity contribution in [3.63, 3.8) is 0 Å². The van der Waals surface area contributed by atoms with Gasteiger partial charge in [-0.25, -0.2) is 19.9 Å². The maximum Gasteiger partial charge on any atom is 0.227 e. The summed E-state index contributed by atoms with van der Waals surface area (Å²) < 4.78 is 1.85. The molecular weight excluding hydrogens is 468 g/mol. The van der Waals surface area contributed by atoms with Gasteiger partial charge in [0.2, 0.25) is 5.91 Å². The van der Waals surface area contributed by atoms with Crippen molar-refractivity contribution in [1.29, 1.82) is 0 Å². The zero-order valence-corrected chi connectivity index (χ0v) is 19.9. The summed E-state index contributed by atoms with van der Waals surface area (Å²) in [5.74, 6) is 1.41. The number of H-pyrrole nitrogens is 2. The van der Waals surface area contributed by atoms with Gasteiger partial charge in [-0.15, -0.1) is 0 Å². The molecule has 0 aromatic carbocycles. The van der Waals surface area contributed by atoms with E-state index in [2.05, 4.69) is 35.5 Å². The average Bonchev–Trinajstić information content (AvgIpc) is 3.60. The van der Waals surface area contributed by atoms with Gasteiger partial charge in [-0.2, -0.15) is 5.10 Å². The van der Waals surface area contributed by atoms with E-state index in [0.717, 1.165) is 47.2 Å². The van der Waals surface area contributed by atoms with Crippen molar-refractivity contribution in [2.24, 2.45) is 5.92 Å². The van der Waals surface area contributed by atoms with Crippen molar-refractivity contribution in [3.8, 4) is 28.6 Å². The highest BCUT2D eigenvalue weighted by Crippen LogP contribution is 2.30. The summed E-state index contributed by atoms with van der Waals surface area (Å²) in [7, 11) is 0. The van der Waals surface area contributed by atoms with Crippen LogP contribution in [0, 0.1) is 12.8 Å². The SMILES string of the molecule is Cc1cn(-c2nccc3[nH]c(-c4n[nH]c5ccc(-c6cncc(NC(=O)C7CCC7)c6)nc45)nc23)cn1. The van der Waals surface area contributed by atoms with E-state index in [1.807, 2.05) is 42.0 Å². The molecule has 1 aliphatic rings. The standard InChI is InChI=1S/C26H22N10O/c1-14-12-36(13-29-14)25-22-19(7-8-28-25)32-24(33-22)23-21-20(34-35-23)6-5-18(31-21)16-9-17(11-27-10-16)30-26(37)15-3-2-4-15/h5-13,15H,2-4H2,1H3,(H,30,37)(H,32,33)(H,34,35). The van der Waals surface area contributed by atoms with E-state index in [9.17, 15) is 4.79 Å². The lowest BCUT2D eigenvalue weighted by atomic mass is 9.85. The van der Waals surface area contributed by atoms with Crippen molar-refractivity contribution < 1.29 is 4.79 Å². The number of nitrogens with zero attached hydrogens (tertiary/aromatic N) is 7. The van der Waals surface area contributed by atoms with Gasteiger partial charge in [0, 0.05) is 30.1 Å². The lowest BCUT2D eigenvalue weighted by Crippen LogP contribution is -2.28. The normalized spacial score (nSPS) is 13.8. The first-order chi connectivity index (χ1) is 18.1. The highest BCUT2D eigenvalue weighted by atomic mass is 16.1. The molecule has 7 rings (SSSR count). The Kier molecular flexibility index (Phi) is 4.81. The van der Waals surface area contributed by atoms with Crippen LogP contribution in [0.25, 0.3) is 50.7 Å². The number of hydrogen-bond acceptors (Lipinski definition) is 7. The van der Waals surface area contributed by atoms with Crippen LogP contribution >= 0.6 is 0 Å². The minimum absolute atomic E-state index is 0.0512. The smallest absolute Gasteiger partial charge is 0.227 e. The van der Waals surface area contributed by atoms with Crippen LogP contribution in [-0.4, -0.2) is 50.6 Å². The molecule has 0 saturated heterocycles. The lowest BCUT2D eigenvalue weighted by molar-refractivity contribution is -0.122. The Bertz CT molecular complexity index is 1790. The van der Waals surface area contributed by atoms with Gasteiger partial charge in [0.15, 0.2) is 17.3 Å². The summed E-state index contributed by atoms with van der Waals surface area (Å²) in [5, 5.41) is 10.5. The van der Waals surface area contributed by atoms with Crippen LogP contribution in [0.3, 0.4) is 0 Å². The van der Waals surface area contributed by atoms with Gasteiger partial charge < -0.3 is 10.3 Å². The lowest BCUT2D eigenvalue weighted by Gasteiger charge is -2.24. The van der Waals surface area contributed by atoms with E-state index >= 15 is 0 Å². The summed E-state index contributed by atoms with van der Waals surface area (Å²) in [6.45, 7) is 1.93. The molecule has 6 heterocycles. The average molecular weight is 491 g/mol. The Balaban J connectivity index is 1.26. The van der Waals surface area contributed by atoms with Crippen LogP contribution in [0.15, 0.2) is 55.4 Å². The molecule has 0 unspecified atom stereocenters. The number of hydrogen-bond donors (Lipinski definition) is 3. The summed E-state index contributed by atoms with van der Waals surface area (Å²) in [4.78, 5) is 38.6. The number of pyridine rings is 3. The minimum atomic E-state index is 0.0512. The number of aryl methyl sites for hydroxylation is 1. The minimum Gasteiger partial charge on any atom is -0.336 e. The maximum absolute atomic E-state index is 12.4. The number of imidazole rings is 2. The molecule has 1 amide bonds. The molecule has 1 saturated carbocycles. The molecule has 6 aromatic rings. The number of fused-ring (bicyclic) bond motifs is 2. The van der Waals surface area contributed by atoms with E-state index in [1.165, 1.54) is 0 Å². The molecule has 0 spiro atoms. The monoisotopic (exact) mass is 490 g/mol. The molecule has 0 radical (unpaired) electrons. The van der Waals surface area contributed by atoms with E-state index in [0.29, 0.717) is 34.1 Å². The van der Waals surface area contributed by atoms with Crippen LogP contribution in [0.4, 0.5) is 5.69 Å². The molecule has 1 fully saturated rings. The molecule has 37 heavy (non-hydrogen) atoms. The molecule has 1 aliphatic carbocycles. The highest BCUT2D eigenvalue weighted by Gasteiger charge is 2.25. The molecule has 11 nitrogen and oxygen atoms in total. The Labute approximate surface area is 210 Å². The maximum atomic E-state index is 12.4. The van der Waals surface area contributed by atoms with E-state index in [4.69, 9.17) is 9.97 Å². The van der Waals surface area contributed by atoms with Crippen molar-refractivity contribution in [1.82, 2.24) is 44.7 Å². The fourth-order valence-electron chi connectivity index (χ4n) is 4.55. The van der Waals surface area contributed by atoms with Gasteiger partial charge in [0.25, 0.3) is 0 Å². The Hall–Kier alpha value is -4.93. The first-order valence-electron chi connectivity index (χ1n) is 12.1. The first-order valence-corrected chi connectivity index (χ1v) is 12.1. The van der Waals surface area contributed by atoms with Gasteiger partial charge >= 0.3 is 0 Å². The fourth-order valence-corrected chi connectivity index (χ4v) is 4.55. The third-order valence-corrected chi connectivity index (χ3v) is 6.75. The van der Waals surface area contributed by atoms with Gasteiger partial charge in [-0.05, 0) is 44.0 Å². The van der Waals surface area contributed by atoms with Crippen LogP contribution in [-0.2, 0) is 4.79 Å². The largest absolute Gasteiger partial charge is 0.336 e. The van der Waals surface area contributed by atoms with Gasteiger partial charge in [-0.3, -0.25) is 19.4 Å². The van der Waals surface area contributed by atoms with Crippen molar-refractivity contribution in [3.05, 3.63) is 61.1 Å². The molecule has 182 valence electrons. The van der Waals surface area contributed by atoms with Gasteiger partial charge in [0.1, 0.15) is 17.4 Å². The molecular formula is C26H22N10O. The van der Waals surface area contributed by atoms with E-state index in [-0.39, 0.29) is 11.8 Å². The number of aromatic nitrogens is 9. The molecule has 6 aromatic heterocycles. The Morgan fingerprint density at radius 2 is 2.00 bits per heavy atom. The quantitative estimate of drug-likeness (QED) is 0.329. The zero-order chi connectivity index (χ0) is 24.9. The van der Waals surface area contributed by atoms with Crippen molar-refractivity contribution >= 4 is 33.7 Å². The fraction of sp³-hybridized carbons (Fsp3) is 0.192. The topological polar surface area (TPSA) is 143 Å². The number of carbonyl (C=O) groups is 1. The number of carbonyl (C=O) groups excluding carboxylic acids is 1. The van der Waals surface area contributed by atoms with Crippen LogP contribution in [0.5, 0.6) is 0 Å². The second-order valence-electron chi connectivity index (χ2n) is 9.28. The van der Waals surface area contributed by atoms with E-state index in [1.54, 1.807) is 24.9 Å². The number of amides is 1. The van der Waals surface area contributed by atoms with E-state index < -0.39 is 0 Å². The van der Waals surface area contributed by atoms with Crippen LogP contribution in [0.1, 0.15) is 25.0 Å². The highest BCUT2D eigenvalue weighted by molar-refractivity contribution is 5.94. The molecule has 0 bridgehead atoms. The number of aromatic amines is 2. The van der Waals surface area contributed by atoms with Gasteiger partial charge in [-0.1, -0.05) is 6.42 Å². The van der Waals surface area contributed by atoms with Crippen LogP contribution in [0.2, 0.25) is 0 Å². The molecule has 3 N–H and O–H groups in total. The van der Waals surface area contributed by atoms with Gasteiger partial charge in [0.05, 0.1) is 34.3 Å². The second kappa shape index (κ2) is 8.33. The Morgan fingerprint density at radius 1 is 1.08 bits per heavy atom. The molecule has 0 aliphatic heterocycles. The number of anilines is 1. The molecule has 11 heteroatoms. The summed E-state index contributed by atoms with van der Waals surface area (Å²) >= 11 is 0. The summed E-state index contributed by atoms with van der Waals surface area (Å²) in [6, 6.07) is 7.60. The van der Waals surface area contributed by atoms with Crippen molar-refractivity contribution in [2.75, 3.05) is 5.32 Å². The molecule has 0 atom stereocenters. The van der Waals surface area contributed by atoms with Crippen molar-refractivity contribution in [2.45, 2.75) is 26.2 Å². The second-order valence-corrected chi connectivity index (χ2v) is 9.28. The zero-order valence-electron chi connectivity index (χ0n) is 19.9. The Morgan fingerprint density at radius 3 is 2.81 bits per heavy atom. The summed E-state index contributed by atoms with van der Waals surface area (Å²) in [6.07, 6.45) is 11.8. The van der Waals surface area contributed by atoms with Crippen LogP contribution < -0.4 is 5.32 Å². The predicted octanol–water partition coefficient (Wildman–Crippen LogP) is 4.19. The third kappa shape index (κ3) is 3.71. The number of rotatable bonds is 5. The third-order valence-electron chi connectivity index (χ3n) is 6.75.